The highest BCUT2D eigenvalue weighted by molar-refractivity contribution is 4.94. The molecule has 0 spiro atoms. The first-order valence-electron chi connectivity index (χ1n) is 9.67. The van der Waals surface area contributed by atoms with Crippen molar-refractivity contribution in [1.29, 1.82) is 0 Å². The van der Waals surface area contributed by atoms with Gasteiger partial charge in [-0.2, -0.15) is 0 Å². The molecule has 1 aromatic heterocycles. The van der Waals surface area contributed by atoms with Crippen molar-refractivity contribution in [2.45, 2.75) is 70.9 Å². The summed E-state index contributed by atoms with van der Waals surface area (Å²) in [7, 11) is 0. The Kier molecular flexibility index (Phi) is 6.06. The molecule has 2 aliphatic heterocycles. The molecule has 0 aliphatic carbocycles. The molecule has 2 saturated heterocycles. The molecule has 0 atom stereocenters. The van der Waals surface area contributed by atoms with E-state index in [-0.39, 0.29) is 0 Å². The SMILES string of the molecule is CCCc1cn(C2CCN(C3CCN(CCC)CC3)CC2)nn1. The average molecular weight is 319 g/mol. The summed E-state index contributed by atoms with van der Waals surface area (Å²) in [6.07, 6.45) is 10.8. The van der Waals surface area contributed by atoms with Gasteiger partial charge in [0, 0.05) is 25.3 Å². The second-order valence-corrected chi connectivity index (χ2v) is 7.28. The van der Waals surface area contributed by atoms with Crippen LogP contribution in [0.4, 0.5) is 0 Å². The molecule has 0 amide bonds. The van der Waals surface area contributed by atoms with E-state index in [0.29, 0.717) is 6.04 Å². The van der Waals surface area contributed by atoms with Gasteiger partial charge in [-0.15, -0.1) is 5.10 Å². The molecule has 0 bridgehead atoms. The second kappa shape index (κ2) is 8.25. The normalized spacial score (nSPS) is 22.7. The highest BCUT2D eigenvalue weighted by Crippen LogP contribution is 2.26. The van der Waals surface area contributed by atoms with Crippen molar-refractivity contribution in [3.8, 4) is 0 Å². The van der Waals surface area contributed by atoms with E-state index < -0.39 is 0 Å². The summed E-state index contributed by atoms with van der Waals surface area (Å²) in [5, 5.41) is 8.68. The van der Waals surface area contributed by atoms with Crippen molar-refractivity contribution in [2.24, 2.45) is 0 Å². The molecule has 23 heavy (non-hydrogen) atoms. The Morgan fingerprint density at radius 2 is 1.65 bits per heavy atom. The smallest absolute Gasteiger partial charge is 0.0827 e. The Labute approximate surface area is 141 Å². The molecule has 3 rings (SSSR count). The number of nitrogens with zero attached hydrogens (tertiary/aromatic N) is 5. The monoisotopic (exact) mass is 319 g/mol. The molecule has 5 heteroatoms. The van der Waals surface area contributed by atoms with Gasteiger partial charge < -0.3 is 9.80 Å². The lowest BCUT2D eigenvalue weighted by Crippen LogP contribution is -2.48. The largest absolute Gasteiger partial charge is 0.303 e. The predicted octanol–water partition coefficient (Wildman–Crippen LogP) is 2.74. The van der Waals surface area contributed by atoms with Crippen LogP contribution in [-0.2, 0) is 6.42 Å². The fourth-order valence-corrected chi connectivity index (χ4v) is 4.20. The standard InChI is InChI=1S/C18H33N5/c1-3-5-16-15-23(20-19-16)18-8-13-22(14-9-18)17-6-11-21(10-4-2)12-7-17/h15,17-18H,3-14H2,1-2H3. The van der Waals surface area contributed by atoms with Gasteiger partial charge in [-0.1, -0.05) is 25.5 Å². The van der Waals surface area contributed by atoms with Gasteiger partial charge in [-0.05, 0) is 58.2 Å². The number of aromatic nitrogens is 3. The molecule has 0 radical (unpaired) electrons. The van der Waals surface area contributed by atoms with Gasteiger partial charge in [0.2, 0.25) is 0 Å². The van der Waals surface area contributed by atoms with Gasteiger partial charge in [0.1, 0.15) is 0 Å². The lowest BCUT2D eigenvalue weighted by molar-refractivity contribution is 0.0771. The van der Waals surface area contributed by atoms with E-state index >= 15 is 0 Å². The Balaban J connectivity index is 1.45. The van der Waals surface area contributed by atoms with Crippen LogP contribution in [0.25, 0.3) is 0 Å². The number of piperidine rings is 2. The van der Waals surface area contributed by atoms with Crippen LogP contribution in [0.15, 0.2) is 6.20 Å². The first-order chi connectivity index (χ1) is 11.3. The van der Waals surface area contributed by atoms with Crippen molar-refractivity contribution in [3.63, 3.8) is 0 Å². The molecule has 0 aromatic carbocycles. The lowest BCUT2D eigenvalue weighted by atomic mass is 9.98. The molecule has 0 unspecified atom stereocenters. The third-order valence-electron chi connectivity index (χ3n) is 5.55. The Hall–Kier alpha value is -0.940. The van der Waals surface area contributed by atoms with Crippen molar-refractivity contribution < 1.29 is 0 Å². The zero-order valence-corrected chi connectivity index (χ0v) is 15.0. The van der Waals surface area contributed by atoms with Crippen LogP contribution in [-0.4, -0.2) is 63.6 Å². The topological polar surface area (TPSA) is 37.2 Å². The third kappa shape index (κ3) is 4.32. The van der Waals surface area contributed by atoms with Crippen LogP contribution in [0.5, 0.6) is 0 Å². The summed E-state index contributed by atoms with van der Waals surface area (Å²) in [6.45, 7) is 10.8. The molecule has 2 aliphatic rings. The van der Waals surface area contributed by atoms with Gasteiger partial charge in [-0.25, -0.2) is 4.68 Å². The molecule has 3 heterocycles. The number of hydrogen-bond donors (Lipinski definition) is 0. The average Bonchev–Trinajstić information content (AvgIpc) is 3.05. The van der Waals surface area contributed by atoms with Crippen LogP contribution in [0.2, 0.25) is 0 Å². The van der Waals surface area contributed by atoms with E-state index in [4.69, 9.17) is 0 Å². The maximum Gasteiger partial charge on any atom is 0.0827 e. The van der Waals surface area contributed by atoms with Crippen molar-refractivity contribution in [3.05, 3.63) is 11.9 Å². The third-order valence-corrected chi connectivity index (χ3v) is 5.55. The predicted molar refractivity (Wildman–Crippen MR) is 93.6 cm³/mol. The van der Waals surface area contributed by atoms with Gasteiger partial charge in [0.05, 0.1) is 11.7 Å². The molecule has 0 saturated carbocycles. The van der Waals surface area contributed by atoms with E-state index in [1.807, 2.05) is 0 Å². The highest BCUT2D eigenvalue weighted by Gasteiger charge is 2.28. The fourth-order valence-electron chi connectivity index (χ4n) is 4.20. The Morgan fingerprint density at radius 1 is 0.957 bits per heavy atom. The highest BCUT2D eigenvalue weighted by atomic mass is 15.4. The van der Waals surface area contributed by atoms with E-state index in [0.717, 1.165) is 24.6 Å². The lowest BCUT2D eigenvalue weighted by Gasteiger charge is -2.41. The summed E-state index contributed by atoms with van der Waals surface area (Å²) in [5.41, 5.74) is 1.15. The summed E-state index contributed by atoms with van der Waals surface area (Å²) >= 11 is 0. The zero-order chi connectivity index (χ0) is 16.1. The van der Waals surface area contributed by atoms with Crippen molar-refractivity contribution in [2.75, 3.05) is 32.7 Å². The summed E-state index contributed by atoms with van der Waals surface area (Å²) in [4.78, 5) is 5.37. The zero-order valence-electron chi connectivity index (χ0n) is 15.0. The van der Waals surface area contributed by atoms with Crippen LogP contribution in [0.1, 0.15) is 64.1 Å². The van der Waals surface area contributed by atoms with E-state index in [2.05, 4.69) is 44.8 Å². The van der Waals surface area contributed by atoms with Crippen molar-refractivity contribution >= 4 is 0 Å². The van der Waals surface area contributed by atoms with E-state index in [1.54, 1.807) is 0 Å². The van der Waals surface area contributed by atoms with Gasteiger partial charge in [0.15, 0.2) is 0 Å². The molecule has 5 nitrogen and oxygen atoms in total. The summed E-state index contributed by atoms with van der Waals surface area (Å²) < 4.78 is 2.13. The van der Waals surface area contributed by atoms with Gasteiger partial charge in [-0.3, -0.25) is 0 Å². The summed E-state index contributed by atoms with van der Waals surface area (Å²) in [6, 6.07) is 1.37. The minimum atomic E-state index is 0.560. The second-order valence-electron chi connectivity index (χ2n) is 7.28. The van der Waals surface area contributed by atoms with Crippen LogP contribution in [0, 0.1) is 0 Å². The maximum atomic E-state index is 4.37. The molecule has 1 aromatic rings. The van der Waals surface area contributed by atoms with Crippen LogP contribution in [0.3, 0.4) is 0 Å². The molecule has 130 valence electrons. The van der Waals surface area contributed by atoms with Crippen molar-refractivity contribution in [1.82, 2.24) is 24.8 Å². The number of hydrogen-bond acceptors (Lipinski definition) is 4. The quantitative estimate of drug-likeness (QED) is 0.808. The first kappa shape index (κ1) is 16.9. The van der Waals surface area contributed by atoms with E-state index in [1.165, 1.54) is 64.8 Å². The van der Waals surface area contributed by atoms with Crippen LogP contribution < -0.4 is 0 Å². The fraction of sp³-hybridized carbons (Fsp3) is 0.889. The number of aryl methyl sites for hydroxylation is 1. The number of rotatable bonds is 6. The van der Waals surface area contributed by atoms with Gasteiger partial charge in [0.25, 0.3) is 0 Å². The minimum Gasteiger partial charge on any atom is -0.303 e. The van der Waals surface area contributed by atoms with E-state index in [9.17, 15) is 0 Å². The molecule has 2 fully saturated rings. The molecular formula is C18H33N5. The number of likely N-dealkylation sites (tertiary alicyclic amines) is 2. The Bertz CT molecular complexity index is 456. The van der Waals surface area contributed by atoms with Crippen LogP contribution >= 0.6 is 0 Å². The first-order valence-corrected chi connectivity index (χ1v) is 9.67. The minimum absolute atomic E-state index is 0.560. The molecular weight excluding hydrogens is 286 g/mol. The van der Waals surface area contributed by atoms with Gasteiger partial charge >= 0.3 is 0 Å². The summed E-state index contributed by atoms with van der Waals surface area (Å²) in [5.74, 6) is 0. The maximum absolute atomic E-state index is 4.37. The Morgan fingerprint density at radius 3 is 2.30 bits per heavy atom. The molecule has 0 N–H and O–H groups in total.